The van der Waals surface area contributed by atoms with Crippen LogP contribution in [0.2, 0.25) is 0 Å². The molecule has 0 amide bonds. The monoisotopic (exact) mass is 301 g/mol. The summed E-state index contributed by atoms with van der Waals surface area (Å²) in [4.78, 5) is 0. The standard InChI is InChI=1S/C9H13.Hf/c1-9(2,3)8-6-4-5-7-8;/h4-7H,1-3H3;/q-1;. The Hall–Kier alpha value is 0.220. The smallest absolute Gasteiger partial charge is 0 e. The van der Waals surface area contributed by atoms with E-state index < -0.39 is 0 Å². The van der Waals surface area contributed by atoms with Gasteiger partial charge >= 0.3 is 0 Å². The summed E-state index contributed by atoms with van der Waals surface area (Å²) >= 11 is 0. The van der Waals surface area contributed by atoms with E-state index in [1.807, 2.05) is 0 Å². The Kier molecular flexibility index (Phi) is 3.64. The van der Waals surface area contributed by atoms with Crippen molar-refractivity contribution in [2.24, 2.45) is 0 Å². The van der Waals surface area contributed by atoms with Gasteiger partial charge in [-0.3, -0.25) is 0 Å². The van der Waals surface area contributed by atoms with Crippen molar-refractivity contribution < 1.29 is 25.8 Å². The van der Waals surface area contributed by atoms with E-state index in [4.69, 9.17) is 0 Å². The minimum atomic E-state index is 0. The molecule has 1 aromatic carbocycles. The maximum absolute atomic E-state index is 2.22. The van der Waals surface area contributed by atoms with E-state index in [0.717, 1.165) is 0 Å². The molecule has 0 aliphatic carbocycles. The first kappa shape index (κ1) is 10.2. The van der Waals surface area contributed by atoms with Gasteiger partial charge in [0.2, 0.25) is 0 Å². The Morgan fingerprint density at radius 1 is 1.00 bits per heavy atom. The quantitative estimate of drug-likeness (QED) is 0.510. The van der Waals surface area contributed by atoms with Crippen LogP contribution in [0.3, 0.4) is 0 Å². The first-order valence-corrected chi connectivity index (χ1v) is 3.33. The van der Waals surface area contributed by atoms with E-state index in [1.54, 1.807) is 0 Å². The maximum atomic E-state index is 2.22. The predicted molar refractivity (Wildman–Crippen MR) is 40.7 cm³/mol. The van der Waals surface area contributed by atoms with Crippen LogP contribution in [0.1, 0.15) is 26.3 Å². The van der Waals surface area contributed by atoms with E-state index in [9.17, 15) is 0 Å². The van der Waals surface area contributed by atoms with E-state index in [1.165, 1.54) is 5.56 Å². The van der Waals surface area contributed by atoms with Gasteiger partial charge in [-0.2, -0.15) is 17.7 Å². The first-order valence-electron chi connectivity index (χ1n) is 3.33. The van der Waals surface area contributed by atoms with Crippen molar-refractivity contribution in [3.05, 3.63) is 29.8 Å². The van der Waals surface area contributed by atoms with Crippen LogP contribution in [0.4, 0.5) is 0 Å². The molecule has 0 spiro atoms. The summed E-state index contributed by atoms with van der Waals surface area (Å²) in [5, 5.41) is 0. The molecule has 54 valence electrons. The molecule has 0 heterocycles. The third-order valence-electron chi connectivity index (χ3n) is 1.53. The van der Waals surface area contributed by atoms with Crippen molar-refractivity contribution in [1.29, 1.82) is 0 Å². The van der Waals surface area contributed by atoms with E-state index in [0.29, 0.717) is 5.41 Å². The second-order valence-electron chi connectivity index (χ2n) is 3.42. The van der Waals surface area contributed by atoms with Crippen LogP contribution in [-0.4, -0.2) is 0 Å². The fourth-order valence-electron chi connectivity index (χ4n) is 0.874. The summed E-state index contributed by atoms with van der Waals surface area (Å²) in [6.07, 6.45) is 0. The Labute approximate surface area is 81.8 Å². The van der Waals surface area contributed by atoms with E-state index in [2.05, 4.69) is 45.0 Å². The summed E-state index contributed by atoms with van der Waals surface area (Å²) in [7, 11) is 0. The molecule has 0 atom stereocenters. The van der Waals surface area contributed by atoms with Gasteiger partial charge in [-0.1, -0.05) is 26.2 Å². The second-order valence-corrected chi connectivity index (χ2v) is 3.42. The van der Waals surface area contributed by atoms with Crippen molar-refractivity contribution in [1.82, 2.24) is 0 Å². The van der Waals surface area contributed by atoms with Crippen LogP contribution in [0.5, 0.6) is 0 Å². The molecule has 0 unspecified atom stereocenters. The molecule has 1 rings (SSSR count). The van der Waals surface area contributed by atoms with Crippen molar-refractivity contribution >= 4 is 0 Å². The van der Waals surface area contributed by atoms with Gasteiger partial charge in [0.05, 0.1) is 0 Å². The van der Waals surface area contributed by atoms with E-state index >= 15 is 0 Å². The Morgan fingerprint density at radius 3 is 1.60 bits per heavy atom. The molecular weight excluding hydrogens is 287 g/mol. The fraction of sp³-hybridized carbons (Fsp3) is 0.444. The van der Waals surface area contributed by atoms with Crippen LogP contribution >= 0.6 is 0 Å². The normalized spacial score (nSPS) is 10.7. The van der Waals surface area contributed by atoms with Crippen molar-refractivity contribution in [2.75, 3.05) is 0 Å². The summed E-state index contributed by atoms with van der Waals surface area (Å²) in [5.74, 6) is 0. The third kappa shape index (κ3) is 2.45. The van der Waals surface area contributed by atoms with Crippen molar-refractivity contribution in [3.63, 3.8) is 0 Å². The van der Waals surface area contributed by atoms with Gasteiger partial charge in [-0.15, -0.1) is 0 Å². The zero-order valence-corrected chi connectivity index (χ0v) is 10.4. The largest absolute Gasteiger partial charge is 0.213 e. The molecule has 0 aromatic heterocycles. The zero-order chi connectivity index (χ0) is 6.91. The summed E-state index contributed by atoms with van der Waals surface area (Å²) in [5.41, 5.74) is 1.74. The van der Waals surface area contributed by atoms with Crippen LogP contribution < -0.4 is 0 Å². The van der Waals surface area contributed by atoms with Crippen molar-refractivity contribution in [3.8, 4) is 0 Å². The molecule has 0 N–H and O–H groups in total. The Morgan fingerprint density at radius 2 is 1.40 bits per heavy atom. The molecule has 10 heavy (non-hydrogen) atoms. The van der Waals surface area contributed by atoms with Crippen LogP contribution in [0, 0.1) is 0 Å². The SMILES string of the molecule is CC(C)(C)[c-]1cccc1.[Hf]. The molecule has 0 aliphatic rings. The minimum Gasteiger partial charge on any atom is -0.213 e. The topological polar surface area (TPSA) is 0 Å². The summed E-state index contributed by atoms with van der Waals surface area (Å²) < 4.78 is 0. The van der Waals surface area contributed by atoms with E-state index in [-0.39, 0.29) is 25.8 Å². The summed E-state index contributed by atoms with van der Waals surface area (Å²) in [6, 6.07) is 8.50. The zero-order valence-electron chi connectivity index (χ0n) is 6.81. The molecule has 0 saturated carbocycles. The molecule has 0 bridgehead atoms. The Balaban J connectivity index is 0.000000810. The molecule has 0 saturated heterocycles. The Bertz CT molecular complexity index is 167. The molecule has 0 nitrogen and oxygen atoms in total. The van der Waals surface area contributed by atoms with Gasteiger partial charge in [-0.25, -0.2) is 12.1 Å². The molecule has 0 fully saturated rings. The summed E-state index contributed by atoms with van der Waals surface area (Å²) in [6.45, 7) is 6.67. The van der Waals surface area contributed by atoms with Gasteiger partial charge in [0.1, 0.15) is 0 Å². The number of hydrogen-bond acceptors (Lipinski definition) is 0. The molecule has 0 radical (unpaired) electrons. The fourth-order valence-corrected chi connectivity index (χ4v) is 0.874. The molecule has 1 heteroatoms. The van der Waals surface area contributed by atoms with Gasteiger partial charge in [-0.05, 0) is 0 Å². The first-order chi connectivity index (χ1) is 4.11. The number of hydrogen-bond donors (Lipinski definition) is 0. The third-order valence-corrected chi connectivity index (χ3v) is 1.53. The van der Waals surface area contributed by atoms with Crippen molar-refractivity contribution in [2.45, 2.75) is 26.2 Å². The van der Waals surface area contributed by atoms with Crippen LogP contribution in [0.25, 0.3) is 0 Å². The maximum Gasteiger partial charge on any atom is 0 e. The van der Waals surface area contributed by atoms with Gasteiger partial charge in [0, 0.05) is 25.8 Å². The van der Waals surface area contributed by atoms with Gasteiger partial charge in [0.25, 0.3) is 0 Å². The molecule has 1 aromatic rings. The minimum absolute atomic E-state index is 0. The van der Waals surface area contributed by atoms with Gasteiger partial charge < -0.3 is 0 Å². The number of rotatable bonds is 0. The average molecular weight is 300 g/mol. The predicted octanol–water partition coefficient (Wildman–Crippen LogP) is 2.70. The van der Waals surface area contributed by atoms with Gasteiger partial charge in [0.15, 0.2) is 0 Å². The molecule has 0 aliphatic heterocycles. The molecular formula is C9H13Hf-. The van der Waals surface area contributed by atoms with Crippen LogP contribution in [-0.2, 0) is 31.3 Å². The van der Waals surface area contributed by atoms with Crippen LogP contribution in [0.15, 0.2) is 24.3 Å². The average Bonchev–Trinajstić information content (AvgIpc) is 2.08. The second kappa shape index (κ2) is 3.56.